The van der Waals surface area contributed by atoms with E-state index in [1.54, 1.807) is 4.90 Å². The van der Waals surface area contributed by atoms with E-state index in [2.05, 4.69) is 5.32 Å². The summed E-state index contributed by atoms with van der Waals surface area (Å²) in [4.78, 5) is 13.9. The third kappa shape index (κ3) is 3.50. The number of rotatable bonds is 2. The lowest BCUT2D eigenvalue weighted by molar-refractivity contribution is -0.137. The van der Waals surface area contributed by atoms with Crippen LogP contribution in [0.1, 0.15) is 18.1 Å². The van der Waals surface area contributed by atoms with E-state index in [9.17, 15) is 18.0 Å². The average molecular weight is 286 g/mol. The molecule has 1 aromatic carbocycles. The Balaban J connectivity index is 2.01. The molecule has 2 rings (SSSR count). The van der Waals surface area contributed by atoms with Gasteiger partial charge in [0.05, 0.1) is 12.0 Å². The standard InChI is InChI=1S/C14H17F3N2O/c1-10-9-18-6-7-19(10)13(20)8-11-2-4-12(5-3-11)14(15,16)17/h2-5,10,18H,6-9H2,1H3/t10-/m0/s1. The van der Waals surface area contributed by atoms with Crippen LogP contribution in [0.25, 0.3) is 0 Å². The summed E-state index contributed by atoms with van der Waals surface area (Å²) in [6, 6.07) is 4.89. The first-order valence-electron chi connectivity index (χ1n) is 6.54. The number of halogens is 3. The first-order valence-corrected chi connectivity index (χ1v) is 6.54. The van der Waals surface area contributed by atoms with Crippen molar-refractivity contribution in [1.82, 2.24) is 10.2 Å². The lowest BCUT2D eigenvalue weighted by Crippen LogP contribution is -2.52. The fourth-order valence-electron chi connectivity index (χ4n) is 2.30. The topological polar surface area (TPSA) is 32.3 Å². The van der Waals surface area contributed by atoms with Gasteiger partial charge in [-0.25, -0.2) is 0 Å². The summed E-state index contributed by atoms with van der Waals surface area (Å²) in [5.74, 6) is -0.0428. The number of piperazine rings is 1. The van der Waals surface area contributed by atoms with Crippen molar-refractivity contribution in [2.45, 2.75) is 25.6 Å². The highest BCUT2D eigenvalue weighted by molar-refractivity contribution is 5.79. The van der Waals surface area contributed by atoms with Crippen molar-refractivity contribution in [2.75, 3.05) is 19.6 Å². The molecule has 1 N–H and O–H groups in total. The van der Waals surface area contributed by atoms with Crippen LogP contribution in [0.3, 0.4) is 0 Å². The molecule has 0 aromatic heterocycles. The molecule has 1 saturated heterocycles. The zero-order chi connectivity index (χ0) is 14.8. The monoisotopic (exact) mass is 286 g/mol. The Bertz CT molecular complexity index is 470. The molecule has 1 amide bonds. The van der Waals surface area contributed by atoms with Crippen molar-refractivity contribution in [3.05, 3.63) is 35.4 Å². The van der Waals surface area contributed by atoms with E-state index in [4.69, 9.17) is 0 Å². The van der Waals surface area contributed by atoms with Gasteiger partial charge in [-0.2, -0.15) is 13.2 Å². The zero-order valence-electron chi connectivity index (χ0n) is 11.2. The average Bonchev–Trinajstić information content (AvgIpc) is 2.38. The van der Waals surface area contributed by atoms with Gasteiger partial charge in [0.1, 0.15) is 0 Å². The minimum absolute atomic E-state index is 0.0428. The highest BCUT2D eigenvalue weighted by atomic mass is 19.4. The van der Waals surface area contributed by atoms with Crippen molar-refractivity contribution in [2.24, 2.45) is 0 Å². The van der Waals surface area contributed by atoms with Gasteiger partial charge in [0, 0.05) is 25.7 Å². The van der Waals surface area contributed by atoms with Crippen LogP contribution in [0.4, 0.5) is 13.2 Å². The van der Waals surface area contributed by atoms with Gasteiger partial charge in [0.2, 0.25) is 5.91 Å². The summed E-state index contributed by atoms with van der Waals surface area (Å²) >= 11 is 0. The summed E-state index contributed by atoms with van der Waals surface area (Å²) in [6.07, 6.45) is -4.20. The normalized spacial score (nSPS) is 20.0. The summed E-state index contributed by atoms with van der Waals surface area (Å²) < 4.78 is 37.3. The fraction of sp³-hybridized carbons (Fsp3) is 0.500. The van der Waals surface area contributed by atoms with Crippen LogP contribution in [-0.4, -0.2) is 36.5 Å². The highest BCUT2D eigenvalue weighted by Crippen LogP contribution is 2.29. The molecule has 1 atom stereocenters. The van der Waals surface area contributed by atoms with Gasteiger partial charge in [-0.3, -0.25) is 4.79 Å². The second-order valence-electron chi connectivity index (χ2n) is 5.01. The molecule has 6 heteroatoms. The molecule has 110 valence electrons. The molecule has 3 nitrogen and oxygen atoms in total. The van der Waals surface area contributed by atoms with Crippen LogP contribution < -0.4 is 5.32 Å². The third-order valence-electron chi connectivity index (χ3n) is 3.46. The second-order valence-corrected chi connectivity index (χ2v) is 5.01. The lowest BCUT2D eigenvalue weighted by atomic mass is 10.1. The van der Waals surface area contributed by atoms with Gasteiger partial charge in [0.15, 0.2) is 0 Å². The number of carbonyl (C=O) groups excluding carboxylic acids is 1. The molecule has 1 aromatic rings. The van der Waals surface area contributed by atoms with E-state index in [0.29, 0.717) is 12.1 Å². The molecule has 0 bridgehead atoms. The molecule has 1 fully saturated rings. The lowest BCUT2D eigenvalue weighted by Gasteiger charge is -2.34. The minimum Gasteiger partial charge on any atom is -0.337 e. The van der Waals surface area contributed by atoms with Crippen LogP contribution in [0.2, 0.25) is 0 Å². The van der Waals surface area contributed by atoms with E-state index >= 15 is 0 Å². The van der Waals surface area contributed by atoms with Crippen LogP contribution >= 0.6 is 0 Å². The van der Waals surface area contributed by atoms with Gasteiger partial charge in [-0.1, -0.05) is 12.1 Å². The Labute approximate surface area is 115 Å². The molecule has 1 heterocycles. The maximum atomic E-state index is 12.4. The number of benzene rings is 1. The number of hydrogen-bond donors (Lipinski definition) is 1. The Kier molecular flexibility index (Phi) is 4.32. The first kappa shape index (κ1) is 14.8. The summed E-state index contributed by atoms with van der Waals surface area (Å²) in [6.45, 7) is 4.10. The third-order valence-corrected chi connectivity index (χ3v) is 3.46. The molecule has 1 aliphatic heterocycles. The fourth-order valence-corrected chi connectivity index (χ4v) is 2.30. The molecule has 20 heavy (non-hydrogen) atoms. The van der Waals surface area contributed by atoms with Crippen LogP contribution in [0.5, 0.6) is 0 Å². The highest BCUT2D eigenvalue weighted by Gasteiger charge is 2.30. The summed E-state index contributed by atoms with van der Waals surface area (Å²) in [5, 5.41) is 3.19. The number of nitrogens with zero attached hydrogens (tertiary/aromatic N) is 1. The molecule has 0 saturated carbocycles. The second kappa shape index (κ2) is 5.83. The number of hydrogen-bond acceptors (Lipinski definition) is 2. The predicted octanol–water partition coefficient (Wildman–Crippen LogP) is 2.07. The van der Waals surface area contributed by atoms with E-state index in [1.807, 2.05) is 6.92 Å². The van der Waals surface area contributed by atoms with Gasteiger partial charge < -0.3 is 10.2 Å². The van der Waals surface area contributed by atoms with Crippen LogP contribution in [0.15, 0.2) is 24.3 Å². The summed E-state index contributed by atoms with van der Waals surface area (Å²) in [5.41, 5.74) is -0.0852. The SMILES string of the molecule is C[C@H]1CNCCN1C(=O)Cc1ccc(C(F)(F)F)cc1. The van der Waals surface area contributed by atoms with Gasteiger partial charge >= 0.3 is 6.18 Å². The van der Waals surface area contributed by atoms with E-state index in [1.165, 1.54) is 12.1 Å². The zero-order valence-corrected chi connectivity index (χ0v) is 11.2. The Morgan fingerprint density at radius 2 is 2.00 bits per heavy atom. The molecular weight excluding hydrogens is 269 g/mol. The first-order chi connectivity index (χ1) is 9.38. The maximum absolute atomic E-state index is 12.4. The number of alkyl halides is 3. The quantitative estimate of drug-likeness (QED) is 0.902. The van der Waals surface area contributed by atoms with Crippen molar-refractivity contribution < 1.29 is 18.0 Å². The molecule has 0 aliphatic carbocycles. The van der Waals surface area contributed by atoms with Crippen molar-refractivity contribution in [1.29, 1.82) is 0 Å². The molecule has 1 aliphatic rings. The largest absolute Gasteiger partial charge is 0.416 e. The van der Waals surface area contributed by atoms with Crippen LogP contribution in [-0.2, 0) is 17.4 Å². The van der Waals surface area contributed by atoms with Crippen molar-refractivity contribution >= 4 is 5.91 Å². The number of nitrogens with one attached hydrogen (secondary N) is 1. The van der Waals surface area contributed by atoms with Crippen LogP contribution in [0, 0.1) is 0 Å². The Morgan fingerprint density at radius 3 is 2.55 bits per heavy atom. The van der Waals surface area contributed by atoms with Crippen molar-refractivity contribution in [3.8, 4) is 0 Å². The smallest absolute Gasteiger partial charge is 0.337 e. The van der Waals surface area contributed by atoms with Gasteiger partial charge in [0.25, 0.3) is 0 Å². The molecule has 0 radical (unpaired) electrons. The Morgan fingerprint density at radius 1 is 1.35 bits per heavy atom. The molecule has 0 spiro atoms. The number of carbonyl (C=O) groups is 1. The van der Waals surface area contributed by atoms with Crippen molar-refractivity contribution in [3.63, 3.8) is 0 Å². The van der Waals surface area contributed by atoms with E-state index in [-0.39, 0.29) is 18.4 Å². The Hall–Kier alpha value is -1.56. The predicted molar refractivity (Wildman–Crippen MR) is 69.2 cm³/mol. The maximum Gasteiger partial charge on any atom is 0.416 e. The molecule has 0 unspecified atom stereocenters. The van der Waals surface area contributed by atoms with E-state index in [0.717, 1.165) is 25.2 Å². The summed E-state index contributed by atoms with van der Waals surface area (Å²) in [7, 11) is 0. The van der Waals surface area contributed by atoms with Gasteiger partial charge in [-0.05, 0) is 24.6 Å². The minimum atomic E-state index is -4.34. The van der Waals surface area contributed by atoms with Gasteiger partial charge in [-0.15, -0.1) is 0 Å². The van der Waals surface area contributed by atoms with E-state index < -0.39 is 11.7 Å². The molecular formula is C14H17F3N2O. The number of amides is 1.